The zero-order valence-electron chi connectivity index (χ0n) is 12.6. The highest BCUT2D eigenvalue weighted by Gasteiger charge is 2.69. The van der Waals surface area contributed by atoms with Gasteiger partial charge in [0.05, 0.1) is 11.2 Å². The molecular formula is C15H29NO. The van der Waals surface area contributed by atoms with E-state index in [1.54, 1.807) is 0 Å². The standard InChI is InChI=1S/C15H29NO/c1-12(2,3)16-9-11-8-15(11)10-13(4,5)17-14(15,6)7/h11,16H,8-10H2,1-7H3. The third-order valence-corrected chi connectivity index (χ3v) is 4.58. The molecule has 2 unspecified atom stereocenters. The minimum Gasteiger partial charge on any atom is -0.369 e. The summed E-state index contributed by atoms with van der Waals surface area (Å²) in [5.41, 5.74) is 0.748. The Morgan fingerprint density at radius 3 is 2.18 bits per heavy atom. The molecular weight excluding hydrogens is 210 g/mol. The predicted molar refractivity (Wildman–Crippen MR) is 72.2 cm³/mol. The molecule has 17 heavy (non-hydrogen) atoms. The van der Waals surface area contributed by atoms with Crippen LogP contribution in [0.15, 0.2) is 0 Å². The molecule has 1 saturated heterocycles. The van der Waals surface area contributed by atoms with E-state index in [0.717, 1.165) is 12.5 Å². The lowest BCUT2D eigenvalue weighted by molar-refractivity contribution is -0.0799. The summed E-state index contributed by atoms with van der Waals surface area (Å²) in [4.78, 5) is 0. The fourth-order valence-corrected chi connectivity index (χ4v) is 3.83. The normalized spacial score (nSPS) is 38.6. The van der Waals surface area contributed by atoms with Crippen LogP contribution in [0.5, 0.6) is 0 Å². The average molecular weight is 239 g/mol. The van der Waals surface area contributed by atoms with E-state index >= 15 is 0 Å². The van der Waals surface area contributed by atoms with Gasteiger partial charge in [0.15, 0.2) is 0 Å². The average Bonchev–Trinajstić information content (AvgIpc) is 2.67. The third kappa shape index (κ3) is 2.39. The van der Waals surface area contributed by atoms with Crippen LogP contribution in [0.3, 0.4) is 0 Å². The molecule has 0 aromatic carbocycles. The van der Waals surface area contributed by atoms with Gasteiger partial charge in [-0.1, -0.05) is 0 Å². The van der Waals surface area contributed by atoms with Crippen LogP contribution < -0.4 is 5.32 Å². The smallest absolute Gasteiger partial charge is 0.0694 e. The molecule has 1 aliphatic carbocycles. The van der Waals surface area contributed by atoms with Crippen LogP contribution in [0.1, 0.15) is 61.3 Å². The largest absolute Gasteiger partial charge is 0.369 e. The van der Waals surface area contributed by atoms with Gasteiger partial charge in [0.2, 0.25) is 0 Å². The summed E-state index contributed by atoms with van der Waals surface area (Å²) in [6.45, 7) is 16.9. The second kappa shape index (κ2) is 3.48. The van der Waals surface area contributed by atoms with Crippen molar-refractivity contribution in [3.05, 3.63) is 0 Å². The van der Waals surface area contributed by atoms with E-state index in [1.807, 2.05) is 0 Å². The summed E-state index contributed by atoms with van der Waals surface area (Å²) < 4.78 is 6.25. The molecule has 2 nitrogen and oxygen atoms in total. The molecule has 1 N–H and O–H groups in total. The fourth-order valence-electron chi connectivity index (χ4n) is 3.83. The van der Waals surface area contributed by atoms with Crippen molar-refractivity contribution < 1.29 is 4.74 Å². The second-order valence-corrected chi connectivity index (χ2v) is 8.24. The molecule has 2 rings (SSSR count). The molecule has 0 aromatic rings. The van der Waals surface area contributed by atoms with Crippen molar-refractivity contribution >= 4 is 0 Å². The van der Waals surface area contributed by atoms with Crippen molar-refractivity contribution in [3.8, 4) is 0 Å². The number of rotatable bonds is 2. The Balaban J connectivity index is 2.00. The van der Waals surface area contributed by atoms with E-state index in [0.29, 0.717) is 5.41 Å². The Kier molecular flexibility index (Phi) is 2.73. The molecule has 1 saturated carbocycles. The van der Waals surface area contributed by atoms with Crippen LogP contribution in [0.25, 0.3) is 0 Å². The molecule has 1 heterocycles. The Hall–Kier alpha value is -0.0800. The van der Waals surface area contributed by atoms with Crippen LogP contribution in [0.2, 0.25) is 0 Å². The van der Waals surface area contributed by atoms with Crippen LogP contribution >= 0.6 is 0 Å². The van der Waals surface area contributed by atoms with Crippen LogP contribution in [0.4, 0.5) is 0 Å². The maximum absolute atomic E-state index is 6.25. The summed E-state index contributed by atoms with van der Waals surface area (Å²) in [7, 11) is 0. The van der Waals surface area contributed by atoms with Gasteiger partial charge in [-0.25, -0.2) is 0 Å². The Morgan fingerprint density at radius 2 is 1.76 bits per heavy atom. The summed E-state index contributed by atoms with van der Waals surface area (Å²) in [5.74, 6) is 0.790. The fraction of sp³-hybridized carbons (Fsp3) is 1.00. The molecule has 2 aliphatic rings. The first-order valence-corrected chi connectivity index (χ1v) is 6.93. The van der Waals surface area contributed by atoms with Gasteiger partial charge in [0.1, 0.15) is 0 Å². The van der Waals surface area contributed by atoms with Gasteiger partial charge in [-0.05, 0) is 73.8 Å². The van der Waals surface area contributed by atoms with Crippen molar-refractivity contribution in [2.24, 2.45) is 11.3 Å². The molecule has 1 aliphatic heterocycles. The quantitative estimate of drug-likeness (QED) is 0.798. The summed E-state index contributed by atoms with van der Waals surface area (Å²) in [6, 6.07) is 0. The van der Waals surface area contributed by atoms with Gasteiger partial charge in [-0.15, -0.1) is 0 Å². The van der Waals surface area contributed by atoms with Crippen molar-refractivity contribution in [3.63, 3.8) is 0 Å². The SMILES string of the molecule is CC(C)(C)NCC1CC12CC(C)(C)OC2(C)C. The lowest BCUT2D eigenvalue weighted by Gasteiger charge is -2.29. The summed E-state index contributed by atoms with van der Waals surface area (Å²) in [5, 5.41) is 3.64. The Labute approximate surface area is 107 Å². The Bertz CT molecular complexity index is 313. The molecule has 100 valence electrons. The maximum atomic E-state index is 6.25. The first kappa shape index (κ1) is 13.4. The van der Waals surface area contributed by atoms with Gasteiger partial charge >= 0.3 is 0 Å². The minimum atomic E-state index is 0.0424. The molecule has 1 spiro atoms. The van der Waals surface area contributed by atoms with E-state index in [9.17, 15) is 0 Å². The van der Waals surface area contributed by atoms with Crippen molar-refractivity contribution in [1.29, 1.82) is 0 Å². The van der Waals surface area contributed by atoms with Crippen LogP contribution in [-0.2, 0) is 4.74 Å². The number of nitrogens with one attached hydrogen (secondary N) is 1. The first-order chi connectivity index (χ1) is 7.48. The minimum absolute atomic E-state index is 0.0424. The van der Waals surface area contributed by atoms with E-state index in [2.05, 4.69) is 53.8 Å². The topological polar surface area (TPSA) is 21.3 Å². The molecule has 2 atom stereocenters. The molecule has 0 aromatic heterocycles. The summed E-state index contributed by atoms with van der Waals surface area (Å²) >= 11 is 0. The molecule has 0 amide bonds. The monoisotopic (exact) mass is 239 g/mol. The predicted octanol–water partition coefficient (Wildman–Crippen LogP) is 3.36. The highest BCUT2D eigenvalue weighted by atomic mass is 16.5. The van der Waals surface area contributed by atoms with Crippen molar-refractivity contribution in [2.45, 2.75) is 78.0 Å². The molecule has 0 bridgehead atoms. The lowest BCUT2D eigenvalue weighted by Crippen LogP contribution is -2.39. The molecule has 2 fully saturated rings. The molecule has 2 heteroatoms. The van der Waals surface area contributed by atoms with E-state index < -0.39 is 0 Å². The highest BCUT2D eigenvalue weighted by molar-refractivity contribution is 5.18. The van der Waals surface area contributed by atoms with Gasteiger partial charge in [-0.3, -0.25) is 0 Å². The second-order valence-electron chi connectivity index (χ2n) is 8.24. The van der Waals surface area contributed by atoms with Crippen molar-refractivity contribution in [1.82, 2.24) is 5.32 Å². The highest BCUT2D eigenvalue weighted by Crippen LogP contribution is 2.69. The van der Waals surface area contributed by atoms with Gasteiger partial charge < -0.3 is 10.1 Å². The number of hydrogen-bond acceptors (Lipinski definition) is 2. The van der Waals surface area contributed by atoms with Crippen LogP contribution in [-0.4, -0.2) is 23.3 Å². The first-order valence-electron chi connectivity index (χ1n) is 6.93. The third-order valence-electron chi connectivity index (χ3n) is 4.58. The maximum Gasteiger partial charge on any atom is 0.0694 e. The van der Waals surface area contributed by atoms with Crippen molar-refractivity contribution in [2.75, 3.05) is 6.54 Å². The zero-order valence-corrected chi connectivity index (χ0v) is 12.6. The van der Waals surface area contributed by atoms with E-state index in [-0.39, 0.29) is 16.7 Å². The van der Waals surface area contributed by atoms with E-state index in [4.69, 9.17) is 4.74 Å². The molecule has 0 radical (unpaired) electrons. The lowest BCUT2D eigenvalue weighted by atomic mass is 9.82. The Morgan fingerprint density at radius 1 is 1.18 bits per heavy atom. The van der Waals surface area contributed by atoms with Gasteiger partial charge in [0.25, 0.3) is 0 Å². The zero-order chi connectivity index (χ0) is 13.1. The van der Waals surface area contributed by atoms with E-state index in [1.165, 1.54) is 12.8 Å². The number of ether oxygens (including phenoxy) is 1. The number of hydrogen-bond donors (Lipinski definition) is 1. The van der Waals surface area contributed by atoms with Gasteiger partial charge in [0, 0.05) is 11.0 Å². The van der Waals surface area contributed by atoms with Gasteiger partial charge in [-0.2, -0.15) is 0 Å². The summed E-state index contributed by atoms with van der Waals surface area (Å²) in [6.07, 6.45) is 2.54. The van der Waals surface area contributed by atoms with Crippen LogP contribution in [0, 0.1) is 11.3 Å².